The number of carbonyl (C=O) groups excluding carboxylic acids is 2. The van der Waals surface area contributed by atoms with Crippen molar-refractivity contribution in [3.63, 3.8) is 0 Å². The molecule has 0 saturated heterocycles. The van der Waals surface area contributed by atoms with Gasteiger partial charge >= 0.3 is 0 Å². The van der Waals surface area contributed by atoms with Gasteiger partial charge in [0.15, 0.2) is 0 Å². The number of fused-ring (bicyclic) bond motifs is 1. The number of anilines is 2. The third kappa shape index (κ3) is 2.51. The molecule has 2 aromatic rings. The van der Waals surface area contributed by atoms with Gasteiger partial charge in [-0.1, -0.05) is 23.7 Å². The molecular formula is C16H13ClN2O3. The summed E-state index contributed by atoms with van der Waals surface area (Å²) in [4.78, 5) is 25.9. The van der Waals surface area contributed by atoms with Gasteiger partial charge < -0.3 is 10.1 Å². The number of carbonyl (C=O) groups is 2. The van der Waals surface area contributed by atoms with E-state index in [1.807, 2.05) is 6.07 Å². The first kappa shape index (κ1) is 14.4. The Morgan fingerprint density at radius 1 is 1.27 bits per heavy atom. The number of amides is 2. The largest absolute Gasteiger partial charge is 0.495 e. The number of ether oxygens (including phenoxy) is 1. The van der Waals surface area contributed by atoms with E-state index >= 15 is 0 Å². The predicted octanol–water partition coefficient (Wildman–Crippen LogP) is 2.95. The van der Waals surface area contributed by atoms with Crippen molar-refractivity contribution in [1.82, 2.24) is 0 Å². The molecule has 6 heteroatoms. The number of hydrogen-bond acceptors (Lipinski definition) is 3. The van der Waals surface area contributed by atoms with Crippen LogP contribution in [0, 0.1) is 0 Å². The molecule has 0 unspecified atom stereocenters. The molecule has 112 valence electrons. The maximum Gasteiger partial charge on any atom is 0.258 e. The Morgan fingerprint density at radius 3 is 2.77 bits per heavy atom. The van der Waals surface area contributed by atoms with Crippen LogP contribution in [-0.2, 0) is 4.79 Å². The van der Waals surface area contributed by atoms with Crippen LogP contribution in [0.3, 0.4) is 0 Å². The van der Waals surface area contributed by atoms with E-state index in [0.717, 1.165) is 0 Å². The minimum Gasteiger partial charge on any atom is -0.495 e. The lowest BCUT2D eigenvalue weighted by Crippen LogP contribution is -2.42. The number of halogens is 1. The van der Waals surface area contributed by atoms with Crippen LogP contribution in [0.25, 0.3) is 0 Å². The average Bonchev–Trinajstić information content (AvgIpc) is 2.53. The van der Waals surface area contributed by atoms with Gasteiger partial charge in [-0.15, -0.1) is 0 Å². The third-order valence-corrected chi connectivity index (χ3v) is 3.71. The minimum absolute atomic E-state index is 0.0283. The maximum absolute atomic E-state index is 12.7. The Morgan fingerprint density at radius 2 is 2.05 bits per heavy atom. The van der Waals surface area contributed by atoms with Crippen LogP contribution in [0.5, 0.6) is 5.75 Å². The van der Waals surface area contributed by atoms with Crippen molar-refractivity contribution in [2.75, 3.05) is 23.9 Å². The number of nitrogens with one attached hydrogen (secondary N) is 1. The van der Waals surface area contributed by atoms with Gasteiger partial charge in [0.25, 0.3) is 5.91 Å². The number of benzene rings is 2. The van der Waals surface area contributed by atoms with Gasteiger partial charge in [0.05, 0.1) is 23.5 Å². The quantitative estimate of drug-likeness (QED) is 0.926. The number of para-hydroxylation sites is 2. The molecule has 1 N–H and O–H groups in total. The van der Waals surface area contributed by atoms with Crippen molar-refractivity contribution in [1.29, 1.82) is 0 Å². The molecule has 0 spiro atoms. The average molecular weight is 317 g/mol. The molecule has 1 aliphatic rings. The van der Waals surface area contributed by atoms with E-state index in [1.54, 1.807) is 30.3 Å². The van der Waals surface area contributed by atoms with Crippen LogP contribution in [0.1, 0.15) is 10.4 Å². The normalized spacial score (nSPS) is 13.4. The van der Waals surface area contributed by atoms with Crippen molar-refractivity contribution < 1.29 is 14.3 Å². The number of nitrogens with zero attached hydrogens (tertiary/aromatic N) is 1. The Balaban J connectivity index is 1.99. The highest BCUT2D eigenvalue weighted by Gasteiger charge is 2.27. The Kier molecular flexibility index (Phi) is 3.73. The summed E-state index contributed by atoms with van der Waals surface area (Å²) in [6, 6.07) is 12.0. The Bertz CT molecular complexity index is 761. The smallest absolute Gasteiger partial charge is 0.258 e. The summed E-state index contributed by atoms with van der Waals surface area (Å²) >= 11 is 6.07. The first-order chi connectivity index (χ1) is 10.6. The molecular weight excluding hydrogens is 304 g/mol. The Hall–Kier alpha value is -2.53. The SMILES string of the molecule is COc1ccc(C(=O)N2CC(=O)Nc3ccccc32)cc1Cl. The molecule has 0 saturated carbocycles. The molecule has 0 fully saturated rings. The van der Waals surface area contributed by atoms with Gasteiger partial charge in [0.2, 0.25) is 5.91 Å². The summed E-state index contributed by atoms with van der Waals surface area (Å²) in [5.41, 5.74) is 1.68. The number of rotatable bonds is 2. The molecule has 0 aliphatic carbocycles. The molecule has 22 heavy (non-hydrogen) atoms. The van der Waals surface area contributed by atoms with Gasteiger partial charge in [0.1, 0.15) is 12.3 Å². The van der Waals surface area contributed by atoms with Crippen LogP contribution in [-0.4, -0.2) is 25.5 Å². The van der Waals surface area contributed by atoms with Crippen molar-refractivity contribution in [2.45, 2.75) is 0 Å². The highest BCUT2D eigenvalue weighted by Crippen LogP contribution is 2.31. The second-order valence-electron chi connectivity index (χ2n) is 4.81. The second kappa shape index (κ2) is 5.69. The summed E-state index contributed by atoms with van der Waals surface area (Å²) in [5.74, 6) is -0.0199. The van der Waals surface area contributed by atoms with E-state index in [1.165, 1.54) is 18.1 Å². The standard InChI is InChI=1S/C16H13ClN2O3/c1-22-14-7-6-10(8-11(14)17)16(21)19-9-15(20)18-12-4-2-3-5-13(12)19/h2-8H,9H2,1H3,(H,18,20). The lowest BCUT2D eigenvalue weighted by Gasteiger charge is -2.29. The first-order valence-corrected chi connectivity index (χ1v) is 7.02. The first-order valence-electron chi connectivity index (χ1n) is 6.64. The molecule has 2 amide bonds. The van der Waals surface area contributed by atoms with E-state index in [2.05, 4.69) is 5.32 Å². The second-order valence-corrected chi connectivity index (χ2v) is 5.21. The molecule has 0 atom stereocenters. The molecule has 1 heterocycles. The van der Waals surface area contributed by atoms with Crippen molar-refractivity contribution in [2.24, 2.45) is 0 Å². The zero-order valence-corrected chi connectivity index (χ0v) is 12.6. The topological polar surface area (TPSA) is 58.6 Å². The fourth-order valence-electron chi connectivity index (χ4n) is 2.37. The van der Waals surface area contributed by atoms with Gasteiger partial charge in [-0.2, -0.15) is 0 Å². The van der Waals surface area contributed by atoms with E-state index < -0.39 is 0 Å². The van der Waals surface area contributed by atoms with Crippen molar-refractivity contribution >= 4 is 34.8 Å². The maximum atomic E-state index is 12.7. The predicted molar refractivity (Wildman–Crippen MR) is 84.8 cm³/mol. The number of hydrogen-bond donors (Lipinski definition) is 1. The summed E-state index contributed by atoms with van der Waals surface area (Å²) in [5, 5.41) is 3.10. The molecule has 5 nitrogen and oxygen atoms in total. The minimum atomic E-state index is -0.285. The molecule has 3 rings (SSSR count). The van der Waals surface area contributed by atoms with Gasteiger partial charge in [0, 0.05) is 5.56 Å². The van der Waals surface area contributed by atoms with E-state index in [4.69, 9.17) is 16.3 Å². The highest BCUT2D eigenvalue weighted by molar-refractivity contribution is 6.32. The summed E-state index contributed by atoms with van der Waals surface area (Å²) in [6.07, 6.45) is 0. The third-order valence-electron chi connectivity index (χ3n) is 3.41. The van der Waals surface area contributed by atoms with Crippen LogP contribution < -0.4 is 15.0 Å². The zero-order valence-electron chi connectivity index (χ0n) is 11.8. The van der Waals surface area contributed by atoms with Crippen molar-refractivity contribution in [3.05, 3.63) is 53.1 Å². The lowest BCUT2D eigenvalue weighted by molar-refractivity contribution is -0.115. The van der Waals surface area contributed by atoms with Gasteiger partial charge in [-0.3, -0.25) is 14.5 Å². The lowest BCUT2D eigenvalue weighted by atomic mass is 10.1. The number of methoxy groups -OCH3 is 1. The fraction of sp³-hybridized carbons (Fsp3) is 0.125. The van der Waals surface area contributed by atoms with Crippen molar-refractivity contribution in [3.8, 4) is 5.75 Å². The van der Waals surface area contributed by atoms with Gasteiger partial charge in [-0.25, -0.2) is 0 Å². The van der Waals surface area contributed by atoms with Crippen LogP contribution in [0.4, 0.5) is 11.4 Å². The van der Waals surface area contributed by atoms with E-state index in [0.29, 0.717) is 27.7 Å². The fourth-order valence-corrected chi connectivity index (χ4v) is 2.63. The molecule has 0 radical (unpaired) electrons. The molecule has 1 aliphatic heterocycles. The molecule has 0 aromatic heterocycles. The molecule has 0 bridgehead atoms. The van der Waals surface area contributed by atoms with Crippen LogP contribution in [0.2, 0.25) is 5.02 Å². The van der Waals surface area contributed by atoms with Crippen LogP contribution in [0.15, 0.2) is 42.5 Å². The van der Waals surface area contributed by atoms with E-state index in [-0.39, 0.29) is 18.4 Å². The van der Waals surface area contributed by atoms with E-state index in [9.17, 15) is 9.59 Å². The molecule has 2 aromatic carbocycles. The summed E-state index contributed by atoms with van der Waals surface area (Å²) in [6.45, 7) is -0.0283. The zero-order chi connectivity index (χ0) is 15.7. The van der Waals surface area contributed by atoms with Crippen LogP contribution >= 0.6 is 11.6 Å². The summed E-state index contributed by atoms with van der Waals surface area (Å²) < 4.78 is 5.08. The highest BCUT2D eigenvalue weighted by atomic mass is 35.5. The summed E-state index contributed by atoms with van der Waals surface area (Å²) in [7, 11) is 1.51. The Labute approximate surface area is 132 Å². The van der Waals surface area contributed by atoms with Gasteiger partial charge in [-0.05, 0) is 30.3 Å². The monoisotopic (exact) mass is 316 g/mol.